The molecule has 23 heavy (non-hydrogen) atoms. The number of ether oxygens (including phenoxy) is 2. The number of carbonyl (C=O) groups is 3. The number of benzene rings is 1. The molecule has 0 spiro atoms. The maximum Gasteiger partial charge on any atom is 0.344 e. The summed E-state index contributed by atoms with van der Waals surface area (Å²) in [5.74, 6) is -0.280. The van der Waals surface area contributed by atoms with Crippen LogP contribution in [0.4, 0.5) is 4.79 Å². The summed E-state index contributed by atoms with van der Waals surface area (Å²) in [5.41, 5.74) is 0.735. The van der Waals surface area contributed by atoms with E-state index in [2.05, 4.69) is 15.9 Å². The first-order chi connectivity index (χ1) is 10.9. The van der Waals surface area contributed by atoms with E-state index in [1.54, 1.807) is 31.2 Å². The van der Waals surface area contributed by atoms with Gasteiger partial charge in [-0.3, -0.25) is 14.5 Å². The van der Waals surface area contributed by atoms with Gasteiger partial charge >= 0.3 is 5.97 Å². The first-order valence-corrected chi connectivity index (χ1v) is 8.33. The zero-order chi connectivity index (χ0) is 17.0. The Hall–Kier alpha value is -1.80. The average molecular weight is 400 g/mol. The highest BCUT2D eigenvalue weighted by Crippen LogP contribution is 2.33. The largest absolute Gasteiger partial charge is 0.481 e. The normalized spacial score (nSPS) is 16.1. The first kappa shape index (κ1) is 17.6. The van der Waals surface area contributed by atoms with Crippen molar-refractivity contribution in [1.29, 1.82) is 0 Å². The number of hydrogen-bond acceptors (Lipinski definition) is 6. The van der Waals surface area contributed by atoms with Gasteiger partial charge < -0.3 is 9.47 Å². The fourth-order valence-corrected chi connectivity index (χ4v) is 3.10. The highest BCUT2D eigenvalue weighted by atomic mass is 79.9. The standard InChI is InChI=1S/C15H14BrNO5S/c1-3-21-13(18)8-22-11-5-4-9(6-10(11)16)7-12-14(19)17(2)15(20)23-12/h4-7H,3,8H2,1-2H3. The number of rotatable bonds is 5. The fourth-order valence-electron chi connectivity index (χ4n) is 1.76. The Morgan fingerprint density at radius 2 is 2.13 bits per heavy atom. The molecule has 1 aromatic rings. The van der Waals surface area contributed by atoms with E-state index < -0.39 is 5.97 Å². The van der Waals surface area contributed by atoms with Crippen LogP contribution in [-0.4, -0.2) is 42.3 Å². The minimum Gasteiger partial charge on any atom is -0.481 e. The van der Waals surface area contributed by atoms with E-state index in [0.717, 1.165) is 22.2 Å². The van der Waals surface area contributed by atoms with Crippen molar-refractivity contribution >= 4 is 50.9 Å². The summed E-state index contributed by atoms with van der Waals surface area (Å²) in [6.45, 7) is 1.84. The van der Waals surface area contributed by atoms with Crippen molar-refractivity contribution in [1.82, 2.24) is 4.90 Å². The van der Waals surface area contributed by atoms with Crippen LogP contribution >= 0.6 is 27.7 Å². The van der Waals surface area contributed by atoms with E-state index in [1.165, 1.54) is 7.05 Å². The van der Waals surface area contributed by atoms with Gasteiger partial charge in [0.25, 0.3) is 11.1 Å². The van der Waals surface area contributed by atoms with Gasteiger partial charge in [0.2, 0.25) is 0 Å². The molecule has 1 aliphatic rings. The predicted molar refractivity (Wildman–Crippen MR) is 90.0 cm³/mol. The lowest BCUT2D eigenvalue weighted by atomic mass is 10.2. The van der Waals surface area contributed by atoms with Gasteiger partial charge in [-0.1, -0.05) is 6.07 Å². The lowest BCUT2D eigenvalue weighted by molar-refractivity contribution is -0.145. The van der Waals surface area contributed by atoms with Crippen molar-refractivity contribution in [3.63, 3.8) is 0 Å². The summed E-state index contributed by atoms with van der Waals surface area (Å²) in [7, 11) is 1.45. The molecule has 0 bridgehead atoms. The molecular formula is C15H14BrNO5S. The Balaban J connectivity index is 2.09. The molecule has 0 radical (unpaired) electrons. The van der Waals surface area contributed by atoms with Gasteiger partial charge in [-0.05, 0) is 58.4 Å². The maximum atomic E-state index is 11.8. The van der Waals surface area contributed by atoms with Gasteiger partial charge in [0, 0.05) is 7.05 Å². The number of imide groups is 1. The molecule has 0 aromatic heterocycles. The van der Waals surface area contributed by atoms with Crippen molar-refractivity contribution in [2.75, 3.05) is 20.3 Å². The molecule has 2 amide bonds. The summed E-state index contributed by atoms with van der Waals surface area (Å²) < 4.78 is 10.8. The molecule has 1 heterocycles. The second kappa shape index (κ2) is 7.65. The molecule has 0 N–H and O–H groups in total. The number of esters is 1. The number of amides is 2. The fraction of sp³-hybridized carbons (Fsp3) is 0.267. The maximum absolute atomic E-state index is 11.8. The Morgan fingerprint density at radius 3 is 2.70 bits per heavy atom. The van der Waals surface area contributed by atoms with Crippen molar-refractivity contribution < 1.29 is 23.9 Å². The molecule has 0 unspecified atom stereocenters. The molecule has 122 valence electrons. The van der Waals surface area contributed by atoms with E-state index in [-0.39, 0.29) is 17.8 Å². The van der Waals surface area contributed by atoms with Crippen molar-refractivity contribution in [2.24, 2.45) is 0 Å². The quantitative estimate of drug-likeness (QED) is 0.559. The van der Waals surface area contributed by atoms with Crippen LogP contribution in [0.1, 0.15) is 12.5 Å². The second-order valence-electron chi connectivity index (χ2n) is 4.52. The number of likely N-dealkylation sites (N-methyl/N-ethyl adjacent to an activating group) is 1. The van der Waals surface area contributed by atoms with Gasteiger partial charge in [-0.25, -0.2) is 4.79 Å². The third-order valence-electron chi connectivity index (χ3n) is 2.89. The lowest BCUT2D eigenvalue weighted by Gasteiger charge is -2.08. The first-order valence-electron chi connectivity index (χ1n) is 6.72. The van der Waals surface area contributed by atoms with E-state index in [0.29, 0.717) is 21.7 Å². The second-order valence-corrected chi connectivity index (χ2v) is 6.37. The Kier molecular flexibility index (Phi) is 5.84. The Bertz CT molecular complexity index is 688. The highest BCUT2D eigenvalue weighted by molar-refractivity contribution is 9.10. The van der Waals surface area contributed by atoms with Gasteiger partial charge in [0.1, 0.15) is 5.75 Å². The minimum atomic E-state index is -0.444. The van der Waals surface area contributed by atoms with Crippen LogP contribution in [0.25, 0.3) is 6.08 Å². The number of thioether (sulfide) groups is 1. The van der Waals surface area contributed by atoms with Crippen molar-refractivity contribution in [3.05, 3.63) is 33.1 Å². The molecule has 1 aliphatic heterocycles. The van der Waals surface area contributed by atoms with E-state index >= 15 is 0 Å². The van der Waals surface area contributed by atoms with Gasteiger partial charge in [0.05, 0.1) is 16.0 Å². The van der Waals surface area contributed by atoms with Gasteiger partial charge in [0.15, 0.2) is 6.61 Å². The summed E-state index contributed by atoms with van der Waals surface area (Å²) in [6.07, 6.45) is 1.63. The van der Waals surface area contributed by atoms with Gasteiger partial charge in [-0.2, -0.15) is 0 Å². The summed E-state index contributed by atoms with van der Waals surface area (Å²) >= 11 is 4.25. The van der Waals surface area contributed by atoms with E-state index in [1.807, 2.05) is 0 Å². The zero-order valence-electron chi connectivity index (χ0n) is 12.5. The van der Waals surface area contributed by atoms with Crippen LogP contribution in [-0.2, 0) is 14.3 Å². The van der Waals surface area contributed by atoms with Crippen molar-refractivity contribution in [2.45, 2.75) is 6.92 Å². The van der Waals surface area contributed by atoms with Crippen LogP contribution in [0.3, 0.4) is 0 Å². The molecule has 6 nitrogen and oxygen atoms in total. The molecule has 2 rings (SSSR count). The number of carbonyl (C=O) groups excluding carboxylic acids is 3. The Labute approximate surface area is 145 Å². The topological polar surface area (TPSA) is 72.9 Å². The highest BCUT2D eigenvalue weighted by Gasteiger charge is 2.31. The third-order valence-corrected chi connectivity index (χ3v) is 4.47. The van der Waals surface area contributed by atoms with Crippen LogP contribution in [0.5, 0.6) is 5.75 Å². The predicted octanol–water partition coefficient (Wildman–Crippen LogP) is 3.06. The third kappa shape index (κ3) is 4.35. The van der Waals surface area contributed by atoms with Crippen LogP contribution < -0.4 is 4.74 Å². The molecule has 1 fully saturated rings. The molecule has 0 aliphatic carbocycles. The summed E-state index contributed by atoms with van der Waals surface area (Å²) in [4.78, 5) is 36.0. The van der Waals surface area contributed by atoms with Crippen LogP contribution in [0.15, 0.2) is 27.6 Å². The average Bonchev–Trinajstić information content (AvgIpc) is 2.74. The molecular weight excluding hydrogens is 386 g/mol. The number of nitrogens with zero attached hydrogens (tertiary/aromatic N) is 1. The van der Waals surface area contributed by atoms with E-state index in [9.17, 15) is 14.4 Å². The smallest absolute Gasteiger partial charge is 0.344 e. The Morgan fingerprint density at radius 1 is 1.39 bits per heavy atom. The number of hydrogen-bond donors (Lipinski definition) is 0. The van der Waals surface area contributed by atoms with Crippen LogP contribution in [0, 0.1) is 0 Å². The number of halogens is 1. The molecule has 0 saturated carbocycles. The molecule has 0 atom stereocenters. The van der Waals surface area contributed by atoms with E-state index in [4.69, 9.17) is 9.47 Å². The summed E-state index contributed by atoms with van der Waals surface area (Å²) in [6, 6.07) is 5.14. The zero-order valence-corrected chi connectivity index (χ0v) is 14.9. The lowest BCUT2D eigenvalue weighted by Crippen LogP contribution is -2.22. The van der Waals surface area contributed by atoms with Gasteiger partial charge in [-0.15, -0.1) is 0 Å². The minimum absolute atomic E-state index is 0.180. The monoisotopic (exact) mass is 399 g/mol. The molecule has 8 heteroatoms. The summed E-state index contributed by atoms with van der Waals surface area (Å²) in [5, 5.41) is -0.297. The molecule has 1 aromatic carbocycles. The SMILES string of the molecule is CCOC(=O)COc1ccc(C=C2SC(=O)N(C)C2=O)cc1Br. The molecule has 1 saturated heterocycles. The van der Waals surface area contributed by atoms with Crippen LogP contribution in [0.2, 0.25) is 0 Å². The van der Waals surface area contributed by atoms with Crippen molar-refractivity contribution in [3.8, 4) is 5.75 Å².